The Balaban J connectivity index is 2.49. The summed E-state index contributed by atoms with van der Waals surface area (Å²) in [6, 6.07) is 5.37. The van der Waals surface area contributed by atoms with Crippen molar-refractivity contribution < 1.29 is 17.4 Å². The Morgan fingerprint density at radius 3 is 2.45 bits per heavy atom. The second-order valence-electron chi connectivity index (χ2n) is 3.86. The van der Waals surface area contributed by atoms with Gasteiger partial charge in [0.2, 0.25) is 0 Å². The Labute approximate surface area is 115 Å². The molecule has 0 atom stereocenters. The number of nitrogens with zero attached hydrogens (tertiary/aromatic N) is 2. The molecule has 0 aliphatic carbocycles. The third-order valence-electron chi connectivity index (χ3n) is 2.32. The Morgan fingerprint density at radius 2 is 1.85 bits per heavy atom. The van der Waals surface area contributed by atoms with Crippen molar-refractivity contribution in [2.24, 2.45) is 0 Å². The highest BCUT2D eigenvalue weighted by molar-refractivity contribution is 7.85. The fraction of sp³-hybridized carbons (Fsp3) is 0.0769. The molecule has 1 N–H and O–H groups in total. The summed E-state index contributed by atoms with van der Waals surface area (Å²) in [5, 5.41) is 0. The molecule has 2 rings (SSSR count). The Kier molecular flexibility index (Phi) is 3.79. The standard InChI is InChI=1S/C13H9FN2O3S/c1-9-15-8-13(20(17,18)19)12(16-9)7-4-10-2-5-11(14)6-3-10/h2-3,5-6,8H,1H3,(H,17,18,19). The van der Waals surface area contributed by atoms with Gasteiger partial charge in [-0.3, -0.25) is 4.55 Å². The van der Waals surface area contributed by atoms with Crippen LogP contribution in [0.3, 0.4) is 0 Å². The molecule has 5 nitrogen and oxygen atoms in total. The molecule has 0 saturated carbocycles. The Hall–Kier alpha value is -2.30. The summed E-state index contributed by atoms with van der Waals surface area (Å²) < 4.78 is 44.2. The van der Waals surface area contributed by atoms with Crippen molar-refractivity contribution >= 4 is 10.1 Å². The minimum absolute atomic E-state index is 0.107. The van der Waals surface area contributed by atoms with Gasteiger partial charge >= 0.3 is 0 Å². The van der Waals surface area contributed by atoms with Crippen LogP contribution in [0.2, 0.25) is 0 Å². The predicted octanol–water partition coefficient (Wildman–Crippen LogP) is 1.57. The molecule has 1 heterocycles. The van der Waals surface area contributed by atoms with Crippen molar-refractivity contribution in [3.05, 3.63) is 53.4 Å². The minimum atomic E-state index is -4.45. The van der Waals surface area contributed by atoms with Gasteiger partial charge in [0.1, 0.15) is 22.2 Å². The largest absolute Gasteiger partial charge is 0.298 e. The van der Waals surface area contributed by atoms with Crippen LogP contribution >= 0.6 is 0 Å². The van der Waals surface area contributed by atoms with Gasteiger partial charge in [0.15, 0.2) is 0 Å². The van der Waals surface area contributed by atoms with E-state index < -0.39 is 20.8 Å². The predicted molar refractivity (Wildman–Crippen MR) is 69.0 cm³/mol. The van der Waals surface area contributed by atoms with Gasteiger partial charge in [-0.25, -0.2) is 14.4 Å². The molecule has 0 unspecified atom stereocenters. The summed E-state index contributed by atoms with van der Waals surface area (Å²) in [4.78, 5) is 7.12. The van der Waals surface area contributed by atoms with Crippen LogP contribution in [0, 0.1) is 24.6 Å². The lowest BCUT2D eigenvalue weighted by molar-refractivity contribution is 0.482. The molecule has 0 fully saturated rings. The molecule has 0 bridgehead atoms. The van der Waals surface area contributed by atoms with Gasteiger partial charge < -0.3 is 0 Å². The van der Waals surface area contributed by atoms with E-state index in [1.54, 1.807) is 6.92 Å². The maximum Gasteiger partial charge on any atom is 0.298 e. The van der Waals surface area contributed by atoms with Crippen molar-refractivity contribution in [1.29, 1.82) is 0 Å². The van der Waals surface area contributed by atoms with Crippen molar-refractivity contribution in [2.75, 3.05) is 0 Å². The van der Waals surface area contributed by atoms with Crippen LogP contribution in [0.1, 0.15) is 17.1 Å². The second-order valence-corrected chi connectivity index (χ2v) is 5.25. The molecule has 1 aromatic heterocycles. The highest BCUT2D eigenvalue weighted by Crippen LogP contribution is 2.11. The molecule has 7 heteroatoms. The highest BCUT2D eigenvalue weighted by atomic mass is 32.2. The minimum Gasteiger partial charge on any atom is -0.282 e. The molecular formula is C13H9FN2O3S. The molecule has 102 valence electrons. The van der Waals surface area contributed by atoms with Gasteiger partial charge in [0, 0.05) is 5.56 Å². The molecule has 1 aromatic carbocycles. The maximum atomic E-state index is 12.7. The van der Waals surface area contributed by atoms with E-state index >= 15 is 0 Å². The number of hydrogen-bond donors (Lipinski definition) is 1. The molecule has 0 saturated heterocycles. The van der Waals surface area contributed by atoms with E-state index in [2.05, 4.69) is 21.8 Å². The summed E-state index contributed by atoms with van der Waals surface area (Å²) in [5.74, 6) is 5.10. The number of aromatic nitrogens is 2. The van der Waals surface area contributed by atoms with Crippen LogP contribution < -0.4 is 0 Å². The van der Waals surface area contributed by atoms with Crippen LogP contribution in [0.4, 0.5) is 4.39 Å². The topological polar surface area (TPSA) is 80.2 Å². The lowest BCUT2D eigenvalue weighted by Gasteiger charge is -2.00. The van der Waals surface area contributed by atoms with Crippen LogP contribution in [0.25, 0.3) is 0 Å². The third kappa shape index (κ3) is 3.38. The molecule has 0 amide bonds. The fourth-order valence-corrected chi connectivity index (χ4v) is 1.93. The van der Waals surface area contributed by atoms with Crippen LogP contribution in [-0.2, 0) is 10.1 Å². The lowest BCUT2D eigenvalue weighted by Crippen LogP contribution is -2.05. The molecular weight excluding hydrogens is 283 g/mol. The van der Waals surface area contributed by atoms with E-state index in [-0.39, 0.29) is 5.69 Å². The van der Waals surface area contributed by atoms with Crippen LogP contribution in [0.5, 0.6) is 0 Å². The lowest BCUT2D eigenvalue weighted by atomic mass is 10.2. The van der Waals surface area contributed by atoms with E-state index in [4.69, 9.17) is 4.55 Å². The van der Waals surface area contributed by atoms with Gasteiger partial charge in [-0.2, -0.15) is 8.42 Å². The van der Waals surface area contributed by atoms with Crippen molar-refractivity contribution in [2.45, 2.75) is 11.8 Å². The van der Waals surface area contributed by atoms with Crippen molar-refractivity contribution in [1.82, 2.24) is 9.97 Å². The van der Waals surface area contributed by atoms with E-state index in [9.17, 15) is 12.8 Å². The molecule has 20 heavy (non-hydrogen) atoms. The molecule has 0 aliphatic heterocycles. The number of halogens is 1. The average molecular weight is 292 g/mol. The van der Waals surface area contributed by atoms with Crippen molar-refractivity contribution in [3.8, 4) is 11.8 Å². The first-order valence-electron chi connectivity index (χ1n) is 5.45. The van der Waals surface area contributed by atoms with Gasteiger partial charge in [-0.1, -0.05) is 5.92 Å². The smallest absolute Gasteiger partial charge is 0.282 e. The average Bonchev–Trinajstić information content (AvgIpc) is 2.36. The highest BCUT2D eigenvalue weighted by Gasteiger charge is 2.16. The number of aryl methyl sites for hydroxylation is 1. The van der Waals surface area contributed by atoms with E-state index in [0.717, 1.165) is 6.20 Å². The van der Waals surface area contributed by atoms with Gasteiger partial charge in [0.25, 0.3) is 10.1 Å². The second kappa shape index (κ2) is 5.36. The summed E-state index contributed by atoms with van der Waals surface area (Å²) in [6.07, 6.45) is 0.992. The van der Waals surface area contributed by atoms with E-state index in [1.165, 1.54) is 24.3 Å². The van der Waals surface area contributed by atoms with E-state index in [1.807, 2.05) is 0 Å². The summed E-state index contributed by atoms with van der Waals surface area (Å²) in [7, 11) is -4.45. The molecule has 2 aromatic rings. The van der Waals surface area contributed by atoms with Crippen LogP contribution in [0.15, 0.2) is 35.4 Å². The normalized spacial score (nSPS) is 10.8. The summed E-state index contributed by atoms with van der Waals surface area (Å²) >= 11 is 0. The first kappa shape index (κ1) is 14.1. The third-order valence-corrected chi connectivity index (χ3v) is 3.18. The summed E-state index contributed by atoms with van der Waals surface area (Å²) in [6.45, 7) is 1.57. The summed E-state index contributed by atoms with van der Waals surface area (Å²) in [5.41, 5.74) is 0.383. The number of rotatable bonds is 1. The molecule has 0 radical (unpaired) electrons. The number of benzene rings is 1. The zero-order chi connectivity index (χ0) is 14.8. The molecule has 0 aliphatic rings. The molecule has 0 spiro atoms. The van der Waals surface area contributed by atoms with E-state index in [0.29, 0.717) is 11.4 Å². The number of hydrogen-bond acceptors (Lipinski definition) is 4. The zero-order valence-electron chi connectivity index (χ0n) is 10.3. The quantitative estimate of drug-likeness (QED) is 0.637. The fourth-order valence-electron chi connectivity index (χ4n) is 1.40. The first-order chi connectivity index (χ1) is 9.36. The van der Waals surface area contributed by atoms with Crippen LogP contribution in [-0.4, -0.2) is 22.9 Å². The van der Waals surface area contributed by atoms with Crippen molar-refractivity contribution in [3.63, 3.8) is 0 Å². The SMILES string of the molecule is Cc1ncc(S(=O)(=O)O)c(C#Cc2ccc(F)cc2)n1. The zero-order valence-corrected chi connectivity index (χ0v) is 11.1. The monoisotopic (exact) mass is 292 g/mol. The Morgan fingerprint density at radius 1 is 1.20 bits per heavy atom. The van der Waals surface area contributed by atoms with Gasteiger partial charge in [-0.05, 0) is 37.1 Å². The first-order valence-corrected chi connectivity index (χ1v) is 6.89. The Bertz CT molecular complexity index is 806. The van der Waals surface area contributed by atoms with Gasteiger partial charge in [0.05, 0.1) is 6.20 Å². The van der Waals surface area contributed by atoms with Gasteiger partial charge in [-0.15, -0.1) is 0 Å². The maximum absolute atomic E-state index is 12.7.